The highest BCUT2D eigenvalue weighted by Gasteiger charge is 2.04. The number of benzene rings is 1. The van der Waals surface area contributed by atoms with Gasteiger partial charge in [-0.25, -0.2) is 4.39 Å². The number of nitrogens with zero attached hydrogens (tertiary/aromatic N) is 1. The lowest BCUT2D eigenvalue weighted by molar-refractivity contribution is 0.613. The maximum Gasteiger partial charge on any atom is 0.128 e. The van der Waals surface area contributed by atoms with Crippen LogP contribution in [0.15, 0.2) is 40.4 Å². The van der Waals surface area contributed by atoms with E-state index in [-0.39, 0.29) is 5.82 Å². The second-order valence-corrected chi connectivity index (χ2v) is 4.67. The van der Waals surface area contributed by atoms with Crippen LogP contribution in [0.25, 0.3) is 0 Å². The molecule has 0 atom stereocenters. The van der Waals surface area contributed by atoms with Gasteiger partial charge in [0.05, 0.1) is 11.6 Å². The molecule has 0 aliphatic heterocycles. The van der Waals surface area contributed by atoms with Gasteiger partial charge in [0, 0.05) is 4.48 Å². The summed E-state index contributed by atoms with van der Waals surface area (Å²) in [6.45, 7) is 3.87. The van der Waals surface area contributed by atoms with E-state index in [0.29, 0.717) is 17.5 Å². The van der Waals surface area contributed by atoms with Crippen molar-refractivity contribution in [2.24, 2.45) is 0 Å². The molecule has 88 valence electrons. The molecule has 1 aromatic carbocycles. The van der Waals surface area contributed by atoms with E-state index >= 15 is 0 Å². The van der Waals surface area contributed by atoms with Crippen LogP contribution < -0.4 is 0 Å². The Bertz CT molecular complexity index is 509. The average molecular weight is 294 g/mol. The second-order valence-electron chi connectivity index (χ2n) is 3.76. The minimum atomic E-state index is -0.326. The highest BCUT2D eigenvalue weighted by atomic mass is 79.9. The third-order valence-electron chi connectivity index (χ3n) is 2.31. The molecule has 0 aliphatic rings. The molecule has 0 radical (unpaired) electrons. The van der Waals surface area contributed by atoms with Crippen LogP contribution in [-0.4, -0.2) is 0 Å². The zero-order chi connectivity index (χ0) is 12.8. The summed E-state index contributed by atoms with van der Waals surface area (Å²) in [6.07, 6.45) is 4.43. The molecule has 0 amide bonds. The molecule has 0 saturated carbocycles. The Morgan fingerprint density at radius 1 is 1.53 bits per heavy atom. The monoisotopic (exact) mass is 293 g/mol. The van der Waals surface area contributed by atoms with E-state index in [4.69, 9.17) is 5.26 Å². The Kier molecular flexibility index (Phi) is 5.11. The summed E-state index contributed by atoms with van der Waals surface area (Å²) in [5.41, 5.74) is 2.01. The molecule has 0 aliphatic carbocycles. The van der Waals surface area contributed by atoms with Gasteiger partial charge in [0.1, 0.15) is 5.82 Å². The predicted molar refractivity (Wildman–Crippen MR) is 71.3 cm³/mol. The number of nitriles is 1. The summed E-state index contributed by atoms with van der Waals surface area (Å²) in [4.78, 5) is 0. The van der Waals surface area contributed by atoms with Crippen LogP contribution in [0, 0.1) is 17.1 Å². The van der Waals surface area contributed by atoms with Gasteiger partial charge in [-0.1, -0.05) is 33.6 Å². The van der Waals surface area contributed by atoms with Crippen molar-refractivity contribution in [3.63, 3.8) is 0 Å². The zero-order valence-corrected chi connectivity index (χ0v) is 11.4. The predicted octanol–water partition coefficient (Wildman–Crippen LogP) is 4.48. The van der Waals surface area contributed by atoms with Gasteiger partial charge in [0.2, 0.25) is 0 Å². The first-order chi connectivity index (χ1) is 8.06. The highest BCUT2D eigenvalue weighted by Crippen LogP contribution is 2.17. The van der Waals surface area contributed by atoms with E-state index < -0.39 is 0 Å². The maximum absolute atomic E-state index is 13.6. The van der Waals surface area contributed by atoms with Crippen LogP contribution in [0.1, 0.15) is 25.0 Å². The minimum absolute atomic E-state index is 0.326. The van der Waals surface area contributed by atoms with Crippen molar-refractivity contribution in [1.29, 1.82) is 5.26 Å². The lowest BCUT2D eigenvalue weighted by Crippen LogP contribution is -1.93. The molecule has 0 unspecified atom stereocenters. The van der Waals surface area contributed by atoms with Crippen molar-refractivity contribution >= 4 is 15.9 Å². The van der Waals surface area contributed by atoms with Gasteiger partial charge in [-0.2, -0.15) is 5.26 Å². The fourth-order valence-corrected chi connectivity index (χ4v) is 1.82. The fourth-order valence-electron chi connectivity index (χ4n) is 1.43. The summed E-state index contributed by atoms with van der Waals surface area (Å²) in [5.74, 6) is -0.326. The normalized spacial score (nSPS) is 12.4. The molecule has 1 aromatic rings. The summed E-state index contributed by atoms with van der Waals surface area (Å²) in [7, 11) is 0. The molecular formula is C14H13BrFN. The van der Waals surface area contributed by atoms with Gasteiger partial charge in [0.15, 0.2) is 0 Å². The molecule has 0 heterocycles. The summed E-state index contributed by atoms with van der Waals surface area (Å²) >= 11 is 3.38. The van der Waals surface area contributed by atoms with Gasteiger partial charge in [-0.15, -0.1) is 0 Å². The Hall–Kier alpha value is -1.40. The Balaban J connectivity index is 2.90. The number of halogens is 2. The quantitative estimate of drug-likeness (QED) is 0.754. The number of allylic oxidation sites excluding steroid dienone is 4. The first-order valence-corrected chi connectivity index (χ1v) is 6.03. The second kappa shape index (κ2) is 6.36. The topological polar surface area (TPSA) is 23.8 Å². The van der Waals surface area contributed by atoms with Crippen LogP contribution in [0.3, 0.4) is 0 Å². The van der Waals surface area contributed by atoms with Gasteiger partial charge in [-0.05, 0) is 44.0 Å². The van der Waals surface area contributed by atoms with Crippen molar-refractivity contribution in [3.05, 3.63) is 57.4 Å². The van der Waals surface area contributed by atoms with Crippen LogP contribution >= 0.6 is 15.9 Å². The largest absolute Gasteiger partial charge is 0.207 e. The molecule has 0 fully saturated rings. The molecule has 1 rings (SSSR count). The van der Waals surface area contributed by atoms with Crippen LogP contribution in [0.4, 0.5) is 4.39 Å². The Labute approximate surface area is 109 Å². The van der Waals surface area contributed by atoms with Gasteiger partial charge in [-0.3, -0.25) is 0 Å². The third-order valence-corrected chi connectivity index (χ3v) is 3.00. The first-order valence-electron chi connectivity index (χ1n) is 5.24. The molecule has 1 nitrogen and oxygen atoms in total. The smallest absolute Gasteiger partial charge is 0.128 e. The van der Waals surface area contributed by atoms with Crippen molar-refractivity contribution < 1.29 is 4.39 Å². The first kappa shape index (κ1) is 13.7. The molecular weight excluding hydrogens is 281 g/mol. The van der Waals surface area contributed by atoms with Crippen LogP contribution in [0.5, 0.6) is 0 Å². The summed E-state index contributed by atoms with van der Waals surface area (Å²) < 4.78 is 14.6. The lowest BCUT2D eigenvalue weighted by Gasteiger charge is -2.04. The molecule has 3 heteroatoms. The molecule has 0 spiro atoms. The van der Waals surface area contributed by atoms with Gasteiger partial charge >= 0.3 is 0 Å². The standard InChI is InChI=1S/C14H13BrFN/c1-3-13(15)7-10(2)6-12-5-4-11(9-17)8-14(12)16/h3-5,7-8H,6H2,1-2H3/b10-7-,13-3+. The highest BCUT2D eigenvalue weighted by molar-refractivity contribution is 9.11. The van der Waals surface area contributed by atoms with Crippen LogP contribution in [-0.2, 0) is 6.42 Å². The maximum atomic E-state index is 13.6. The summed E-state index contributed by atoms with van der Waals surface area (Å²) in [6, 6.07) is 6.49. The van der Waals surface area contributed by atoms with Gasteiger partial charge in [0.25, 0.3) is 0 Å². The Morgan fingerprint density at radius 2 is 2.24 bits per heavy atom. The lowest BCUT2D eigenvalue weighted by atomic mass is 10.0. The Morgan fingerprint density at radius 3 is 2.76 bits per heavy atom. The third kappa shape index (κ3) is 4.16. The van der Waals surface area contributed by atoms with Crippen molar-refractivity contribution in [3.8, 4) is 6.07 Å². The van der Waals surface area contributed by atoms with Gasteiger partial charge < -0.3 is 0 Å². The molecule has 0 saturated heterocycles. The fraction of sp³-hybridized carbons (Fsp3) is 0.214. The number of hydrogen-bond donors (Lipinski definition) is 0. The van der Waals surface area contributed by atoms with Crippen molar-refractivity contribution in [1.82, 2.24) is 0 Å². The molecule has 0 aromatic heterocycles. The van der Waals surface area contributed by atoms with E-state index in [9.17, 15) is 4.39 Å². The van der Waals surface area contributed by atoms with E-state index in [1.807, 2.05) is 32.1 Å². The number of hydrogen-bond acceptors (Lipinski definition) is 1. The molecule has 0 N–H and O–H groups in total. The molecule has 0 bridgehead atoms. The average Bonchev–Trinajstić information content (AvgIpc) is 2.31. The number of rotatable bonds is 3. The van der Waals surface area contributed by atoms with E-state index in [1.165, 1.54) is 6.07 Å². The van der Waals surface area contributed by atoms with E-state index in [2.05, 4.69) is 15.9 Å². The zero-order valence-electron chi connectivity index (χ0n) is 9.80. The van der Waals surface area contributed by atoms with Crippen molar-refractivity contribution in [2.45, 2.75) is 20.3 Å². The van der Waals surface area contributed by atoms with E-state index in [1.54, 1.807) is 12.1 Å². The van der Waals surface area contributed by atoms with Crippen molar-refractivity contribution in [2.75, 3.05) is 0 Å². The summed E-state index contributed by atoms with van der Waals surface area (Å²) in [5, 5.41) is 8.64. The minimum Gasteiger partial charge on any atom is -0.207 e. The molecule has 17 heavy (non-hydrogen) atoms. The van der Waals surface area contributed by atoms with Crippen LogP contribution in [0.2, 0.25) is 0 Å². The SMILES string of the molecule is C/C=C(Br)\C=C(\C)Cc1ccc(C#N)cc1F. The van der Waals surface area contributed by atoms with E-state index in [0.717, 1.165) is 10.1 Å².